The molecule has 5 heteroatoms. The van der Waals surface area contributed by atoms with E-state index in [-0.39, 0.29) is 6.03 Å². The van der Waals surface area contributed by atoms with Crippen molar-refractivity contribution in [1.29, 1.82) is 0 Å². The summed E-state index contributed by atoms with van der Waals surface area (Å²) in [5.41, 5.74) is 2.05. The van der Waals surface area contributed by atoms with Gasteiger partial charge >= 0.3 is 6.03 Å². The quantitative estimate of drug-likeness (QED) is 0.899. The molecule has 0 bridgehead atoms. The molecule has 1 aromatic rings. The molecule has 2 N–H and O–H groups in total. The largest absolute Gasteiger partial charge is 0.382 e. The number of amides is 2. The van der Waals surface area contributed by atoms with Crippen LogP contribution in [-0.2, 0) is 4.74 Å². The van der Waals surface area contributed by atoms with Crippen molar-refractivity contribution in [2.24, 2.45) is 0 Å². The fraction of sp³-hybridized carbons (Fsp3) is 0.562. The number of hydrogen-bond donors (Lipinski definition) is 2. The van der Waals surface area contributed by atoms with Crippen LogP contribution in [0.3, 0.4) is 0 Å². The Bertz CT molecular complexity index is 493. The maximum absolute atomic E-state index is 11.6. The molecular weight excluding hydrogens is 266 g/mol. The fourth-order valence-corrected chi connectivity index (χ4v) is 3.21. The first kappa shape index (κ1) is 14.2. The summed E-state index contributed by atoms with van der Waals surface area (Å²) in [5.74, 6) is 0. The highest BCUT2D eigenvalue weighted by Crippen LogP contribution is 2.24. The SMILES string of the molecule is CC1CC(Nc2ccc(N3CCNC3=O)cc2)CC(C)O1. The van der Waals surface area contributed by atoms with Crippen LogP contribution in [0.4, 0.5) is 16.2 Å². The van der Waals surface area contributed by atoms with E-state index < -0.39 is 0 Å². The molecule has 2 aliphatic rings. The van der Waals surface area contributed by atoms with Crippen LogP contribution in [0.2, 0.25) is 0 Å². The lowest BCUT2D eigenvalue weighted by Gasteiger charge is -2.33. The third kappa shape index (κ3) is 3.29. The Balaban J connectivity index is 1.63. The van der Waals surface area contributed by atoms with Gasteiger partial charge in [0.1, 0.15) is 0 Å². The van der Waals surface area contributed by atoms with Crippen LogP contribution in [0.1, 0.15) is 26.7 Å². The van der Waals surface area contributed by atoms with Gasteiger partial charge in [0.15, 0.2) is 0 Å². The Morgan fingerprint density at radius 2 is 1.86 bits per heavy atom. The molecule has 0 radical (unpaired) electrons. The van der Waals surface area contributed by atoms with Crippen LogP contribution >= 0.6 is 0 Å². The topological polar surface area (TPSA) is 53.6 Å². The van der Waals surface area contributed by atoms with Crippen molar-refractivity contribution >= 4 is 17.4 Å². The number of hydrogen-bond acceptors (Lipinski definition) is 3. The van der Waals surface area contributed by atoms with E-state index in [1.807, 2.05) is 24.3 Å². The summed E-state index contributed by atoms with van der Waals surface area (Å²) in [6.07, 6.45) is 2.67. The Hall–Kier alpha value is -1.75. The summed E-state index contributed by atoms with van der Waals surface area (Å²) >= 11 is 0. The first-order valence-corrected chi connectivity index (χ1v) is 7.69. The first-order valence-electron chi connectivity index (χ1n) is 7.69. The van der Waals surface area contributed by atoms with Gasteiger partial charge in [-0.25, -0.2) is 4.79 Å². The second kappa shape index (κ2) is 5.93. The predicted octanol–water partition coefficient (Wildman–Crippen LogP) is 2.58. The molecule has 0 aromatic heterocycles. The minimum atomic E-state index is -0.0113. The Kier molecular flexibility index (Phi) is 4.01. The molecule has 2 aliphatic heterocycles. The Morgan fingerprint density at radius 3 is 2.43 bits per heavy atom. The van der Waals surface area contributed by atoms with Crippen LogP contribution < -0.4 is 15.5 Å². The van der Waals surface area contributed by atoms with Crippen molar-refractivity contribution in [3.05, 3.63) is 24.3 Å². The van der Waals surface area contributed by atoms with E-state index in [1.165, 1.54) is 0 Å². The summed E-state index contributed by atoms with van der Waals surface area (Å²) in [5, 5.41) is 6.39. The van der Waals surface area contributed by atoms with Gasteiger partial charge in [-0.15, -0.1) is 0 Å². The molecule has 2 atom stereocenters. The number of ether oxygens (including phenoxy) is 1. The summed E-state index contributed by atoms with van der Waals surface area (Å²) in [7, 11) is 0. The van der Waals surface area contributed by atoms with Crippen molar-refractivity contribution in [2.75, 3.05) is 23.3 Å². The standard InChI is InChI=1S/C16H23N3O2/c1-11-9-14(10-12(2)21-11)18-13-3-5-15(6-4-13)19-8-7-17-16(19)20/h3-6,11-12,14,18H,7-10H2,1-2H3,(H,17,20). The average Bonchev–Trinajstić information content (AvgIpc) is 2.85. The van der Waals surface area contributed by atoms with Crippen LogP contribution in [0.15, 0.2) is 24.3 Å². The molecule has 2 saturated heterocycles. The number of urea groups is 1. The highest BCUT2D eigenvalue weighted by atomic mass is 16.5. The van der Waals surface area contributed by atoms with Gasteiger partial charge in [0.25, 0.3) is 0 Å². The van der Waals surface area contributed by atoms with E-state index >= 15 is 0 Å². The molecule has 21 heavy (non-hydrogen) atoms. The van der Waals surface area contributed by atoms with Crippen molar-refractivity contribution < 1.29 is 9.53 Å². The van der Waals surface area contributed by atoms with Crippen LogP contribution in [-0.4, -0.2) is 37.4 Å². The lowest BCUT2D eigenvalue weighted by molar-refractivity contribution is -0.0337. The Labute approximate surface area is 125 Å². The maximum atomic E-state index is 11.6. The van der Waals surface area contributed by atoms with Gasteiger partial charge in [-0.3, -0.25) is 4.90 Å². The fourth-order valence-electron chi connectivity index (χ4n) is 3.21. The van der Waals surface area contributed by atoms with E-state index in [0.717, 1.165) is 37.3 Å². The number of rotatable bonds is 3. The molecule has 0 saturated carbocycles. The number of anilines is 2. The molecule has 2 fully saturated rings. The van der Waals surface area contributed by atoms with E-state index in [4.69, 9.17) is 4.74 Å². The van der Waals surface area contributed by atoms with Gasteiger partial charge in [0, 0.05) is 30.5 Å². The molecule has 5 nitrogen and oxygen atoms in total. The zero-order chi connectivity index (χ0) is 14.8. The van der Waals surface area contributed by atoms with Gasteiger partial charge < -0.3 is 15.4 Å². The Morgan fingerprint density at radius 1 is 1.19 bits per heavy atom. The predicted molar refractivity (Wildman–Crippen MR) is 83.8 cm³/mol. The van der Waals surface area contributed by atoms with Crippen LogP contribution in [0, 0.1) is 0 Å². The molecule has 3 rings (SSSR count). The number of carbonyl (C=O) groups is 1. The van der Waals surface area contributed by atoms with Gasteiger partial charge in [0.2, 0.25) is 0 Å². The molecule has 2 amide bonds. The van der Waals surface area contributed by atoms with E-state index in [9.17, 15) is 4.79 Å². The number of nitrogens with zero attached hydrogens (tertiary/aromatic N) is 1. The minimum Gasteiger partial charge on any atom is -0.382 e. The van der Waals surface area contributed by atoms with Crippen LogP contribution in [0.5, 0.6) is 0 Å². The molecular formula is C16H23N3O2. The zero-order valence-electron chi connectivity index (χ0n) is 12.6. The highest BCUT2D eigenvalue weighted by Gasteiger charge is 2.24. The summed E-state index contributed by atoms with van der Waals surface area (Å²) < 4.78 is 5.76. The molecule has 1 aromatic carbocycles. The van der Waals surface area contributed by atoms with Crippen molar-refractivity contribution in [3.63, 3.8) is 0 Å². The third-order valence-corrected chi connectivity index (χ3v) is 4.10. The number of carbonyl (C=O) groups excluding carboxylic acids is 1. The monoisotopic (exact) mass is 289 g/mol. The molecule has 114 valence electrons. The van der Waals surface area contributed by atoms with Gasteiger partial charge in [-0.05, 0) is 51.0 Å². The summed E-state index contributed by atoms with van der Waals surface area (Å²) in [6.45, 7) is 5.70. The smallest absolute Gasteiger partial charge is 0.321 e. The van der Waals surface area contributed by atoms with Crippen molar-refractivity contribution in [3.8, 4) is 0 Å². The van der Waals surface area contributed by atoms with Gasteiger partial charge in [-0.1, -0.05) is 0 Å². The van der Waals surface area contributed by atoms with E-state index in [1.54, 1.807) is 4.90 Å². The minimum absolute atomic E-state index is 0.0113. The second-order valence-corrected chi connectivity index (χ2v) is 6.00. The number of nitrogens with one attached hydrogen (secondary N) is 2. The van der Waals surface area contributed by atoms with Gasteiger partial charge in [0.05, 0.1) is 12.2 Å². The maximum Gasteiger partial charge on any atom is 0.321 e. The lowest BCUT2D eigenvalue weighted by atomic mass is 9.99. The third-order valence-electron chi connectivity index (χ3n) is 4.10. The molecule has 0 spiro atoms. The van der Waals surface area contributed by atoms with Crippen molar-refractivity contribution in [2.45, 2.75) is 44.9 Å². The van der Waals surface area contributed by atoms with Crippen molar-refractivity contribution in [1.82, 2.24) is 5.32 Å². The van der Waals surface area contributed by atoms with E-state index in [2.05, 4.69) is 24.5 Å². The molecule has 0 aliphatic carbocycles. The van der Waals surface area contributed by atoms with E-state index in [0.29, 0.717) is 18.2 Å². The highest BCUT2D eigenvalue weighted by molar-refractivity contribution is 5.94. The summed E-state index contributed by atoms with van der Waals surface area (Å²) in [4.78, 5) is 13.4. The number of benzene rings is 1. The molecule has 2 unspecified atom stereocenters. The first-order chi connectivity index (χ1) is 10.1. The second-order valence-electron chi connectivity index (χ2n) is 6.00. The normalized spacial score (nSPS) is 29.3. The zero-order valence-corrected chi connectivity index (χ0v) is 12.6. The van der Waals surface area contributed by atoms with Crippen LogP contribution in [0.25, 0.3) is 0 Å². The van der Waals surface area contributed by atoms with Gasteiger partial charge in [-0.2, -0.15) is 0 Å². The molecule has 2 heterocycles. The average molecular weight is 289 g/mol. The summed E-state index contributed by atoms with van der Waals surface area (Å²) in [6, 6.07) is 8.53. The lowest BCUT2D eigenvalue weighted by Crippen LogP contribution is -2.36.